The predicted octanol–water partition coefficient (Wildman–Crippen LogP) is 3.65. The second-order valence-electron chi connectivity index (χ2n) is 4.86. The Hall–Kier alpha value is -1.87. The van der Waals surface area contributed by atoms with Gasteiger partial charge in [0, 0.05) is 6.04 Å². The van der Waals surface area contributed by atoms with Gasteiger partial charge in [-0.3, -0.25) is 0 Å². The van der Waals surface area contributed by atoms with Crippen molar-refractivity contribution < 1.29 is 9.13 Å². The number of hydrogen-bond acceptors (Lipinski definition) is 2. The molecule has 0 amide bonds. The summed E-state index contributed by atoms with van der Waals surface area (Å²) in [5.74, 6) is 0.660. The number of halogens is 1. The SMILES string of the molecule is CNC(Cc1ccccc1OC)c1cc(F)ccc1C. The number of rotatable bonds is 5. The van der Waals surface area contributed by atoms with Gasteiger partial charge in [0.15, 0.2) is 0 Å². The number of aryl methyl sites for hydroxylation is 1. The van der Waals surface area contributed by atoms with Gasteiger partial charge >= 0.3 is 0 Å². The van der Waals surface area contributed by atoms with Crippen LogP contribution >= 0.6 is 0 Å². The Kier molecular flexibility index (Phi) is 4.74. The zero-order chi connectivity index (χ0) is 14.5. The molecule has 0 fully saturated rings. The molecule has 2 aromatic carbocycles. The van der Waals surface area contributed by atoms with Gasteiger partial charge in [-0.25, -0.2) is 4.39 Å². The molecule has 0 saturated heterocycles. The molecule has 0 aromatic heterocycles. The topological polar surface area (TPSA) is 21.3 Å². The Labute approximate surface area is 119 Å². The minimum absolute atomic E-state index is 0.0574. The zero-order valence-corrected chi connectivity index (χ0v) is 12.1. The van der Waals surface area contributed by atoms with Crippen LogP contribution in [0.25, 0.3) is 0 Å². The Morgan fingerprint density at radius 2 is 1.95 bits per heavy atom. The number of para-hydroxylation sites is 1. The number of likely N-dealkylation sites (N-methyl/N-ethyl adjacent to an activating group) is 1. The van der Waals surface area contributed by atoms with Crippen LogP contribution in [0.5, 0.6) is 5.75 Å². The van der Waals surface area contributed by atoms with Crippen molar-refractivity contribution in [2.75, 3.05) is 14.2 Å². The van der Waals surface area contributed by atoms with E-state index in [9.17, 15) is 4.39 Å². The fourth-order valence-corrected chi connectivity index (χ4v) is 2.45. The molecule has 2 nitrogen and oxygen atoms in total. The summed E-state index contributed by atoms with van der Waals surface area (Å²) >= 11 is 0. The second kappa shape index (κ2) is 6.53. The first kappa shape index (κ1) is 14.5. The lowest BCUT2D eigenvalue weighted by molar-refractivity contribution is 0.406. The van der Waals surface area contributed by atoms with Crippen molar-refractivity contribution in [1.29, 1.82) is 0 Å². The van der Waals surface area contributed by atoms with Crippen LogP contribution in [0.3, 0.4) is 0 Å². The molecule has 0 aliphatic rings. The molecule has 1 unspecified atom stereocenters. The van der Waals surface area contributed by atoms with Crippen LogP contribution < -0.4 is 10.1 Å². The van der Waals surface area contributed by atoms with E-state index in [2.05, 4.69) is 5.32 Å². The van der Waals surface area contributed by atoms with Gasteiger partial charge in [-0.15, -0.1) is 0 Å². The van der Waals surface area contributed by atoms with Gasteiger partial charge in [0.1, 0.15) is 11.6 Å². The first-order valence-corrected chi connectivity index (χ1v) is 6.71. The van der Waals surface area contributed by atoms with Gasteiger partial charge in [-0.05, 0) is 55.3 Å². The normalized spacial score (nSPS) is 12.2. The number of ether oxygens (including phenoxy) is 1. The third-order valence-electron chi connectivity index (χ3n) is 3.58. The highest BCUT2D eigenvalue weighted by Gasteiger charge is 2.15. The van der Waals surface area contributed by atoms with Crippen LogP contribution in [-0.2, 0) is 6.42 Å². The van der Waals surface area contributed by atoms with E-state index >= 15 is 0 Å². The van der Waals surface area contributed by atoms with Crippen molar-refractivity contribution in [3.8, 4) is 5.75 Å². The maximum Gasteiger partial charge on any atom is 0.123 e. The van der Waals surface area contributed by atoms with Gasteiger partial charge in [-0.2, -0.15) is 0 Å². The maximum absolute atomic E-state index is 13.5. The van der Waals surface area contributed by atoms with Gasteiger partial charge < -0.3 is 10.1 Å². The number of benzene rings is 2. The van der Waals surface area contributed by atoms with Crippen molar-refractivity contribution in [3.63, 3.8) is 0 Å². The molecule has 3 heteroatoms. The van der Waals surface area contributed by atoms with Crippen LogP contribution in [0, 0.1) is 12.7 Å². The molecule has 0 bridgehead atoms. The summed E-state index contributed by atoms with van der Waals surface area (Å²) in [6.45, 7) is 2.00. The van der Waals surface area contributed by atoms with Crippen LogP contribution in [0.15, 0.2) is 42.5 Å². The highest BCUT2D eigenvalue weighted by Crippen LogP contribution is 2.26. The monoisotopic (exact) mass is 273 g/mol. The second-order valence-corrected chi connectivity index (χ2v) is 4.86. The van der Waals surface area contributed by atoms with Crippen LogP contribution in [0.1, 0.15) is 22.7 Å². The van der Waals surface area contributed by atoms with E-state index in [1.165, 1.54) is 6.07 Å². The van der Waals surface area contributed by atoms with Crippen molar-refractivity contribution in [3.05, 3.63) is 65.0 Å². The van der Waals surface area contributed by atoms with E-state index in [4.69, 9.17) is 4.74 Å². The molecule has 0 saturated carbocycles. The number of nitrogens with one attached hydrogen (secondary N) is 1. The first-order chi connectivity index (χ1) is 9.65. The van der Waals surface area contributed by atoms with E-state index < -0.39 is 0 Å². The fraction of sp³-hybridized carbons (Fsp3) is 0.294. The molecule has 1 N–H and O–H groups in total. The highest BCUT2D eigenvalue weighted by atomic mass is 19.1. The molecule has 0 radical (unpaired) electrons. The largest absolute Gasteiger partial charge is 0.496 e. The fourth-order valence-electron chi connectivity index (χ4n) is 2.45. The molecule has 106 valence electrons. The molecule has 20 heavy (non-hydrogen) atoms. The molecule has 2 aromatic rings. The number of methoxy groups -OCH3 is 1. The van der Waals surface area contributed by atoms with E-state index in [0.717, 1.165) is 28.9 Å². The first-order valence-electron chi connectivity index (χ1n) is 6.71. The Morgan fingerprint density at radius 1 is 1.20 bits per heavy atom. The molecule has 0 aliphatic carbocycles. The van der Waals surface area contributed by atoms with Crippen molar-refractivity contribution in [2.45, 2.75) is 19.4 Å². The minimum Gasteiger partial charge on any atom is -0.496 e. The zero-order valence-electron chi connectivity index (χ0n) is 12.1. The summed E-state index contributed by atoms with van der Waals surface area (Å²) in [7, 11) is 3.56. The standard InChI is InChI=1S/C17H20FNO/c1-12-8-9-14(18)11-15(12)16(19-2)10-13-6-4-5-7-17(13)20-3/h4-9,11,16,19H,10H2,1-3H3. The summed E-state index contributed by atoms with van der Waals surface area (Å²) in [5.41, 5.74) is 3.18. The summed E-state index contributed by atoms with van der Waals surface area (Å²) in [4.78, 5) is 0. The maximum atomic E-state index is 13.5. The van der Waals surface area contributed by atoms with E-state index in [1.54, 1.807) is 13.2 Å². The average Bonchev–Trinajstić information content (AvgIpc) is 2.48. The van der Waals surface area contributed by atoms with Crippen LogP contribution in [-0.4, -0.2) is 14.2 Å². The van der Waals surface area contributed by atoms with Gasteiger partial charge in [0.05, 0.1) is 7.11 Å². The lowest BCUT2D eigenvalue weighted by atomic mass is 9.95. The van der Waals surface area contributed by atoms with Crippen molar-refractivity contribution >= 4 is 0 Å². The van der Waals surface area contributed by atoms with E-state index in [1.807, 2.05) is 44.3 Å². The highest BCUT2D eigenvalue weighted by molar-refractivity contribution is 5.37. The van der Waals surface area contributed by atoms with Gasteiger partial charge in [0.2, 0.25) is 0 Å². The molecule has 0 aliphatic heterocycles. The lowest BCUT2D eigenvalue weighted by Gasteiger charge is -2.20. The van der Waals surface area contributed by atoms with Gasteiger partial charge in [-0.1, -0.05) is 24.3 Å². The Morgan fingerprint density at radius 3 is 2.65 bits per heavy atom. The van der Waals surface area contributed by atoms with Gasteiger partial charge in [0.25, 0.3) is 0 Å². The molecular formula is C17H20FNO. The predicted molar refractivity (Wildman–Crippen MR) is 79.6 cm³/mol. The quantitative estimate of drug-likeness (QED) is 0.898. The smallest absolute Gasteiger partial charge is 0.123 e. The summed E-state index contributed by atoms with van der Waals surface area (Å²) in [6.07, 6.45) is 0.755. The third-order valence-corrected chi connectivity index (χ3v) is 3.58. The lowest BCUT2D eigenvalue weighted by Crippen LogP contribution is -2.20. The van der Waals surface area contributed by atoms with Crippen molar-refractivity contribution in [2.24, 2.45) is 0 Å². The summed E-state index contributed by atoms with van der Waals surface area (Å²) in [5, 5.41) is 3.26. The Bertz CT molecular complexity index is 583. The Balaban J connectivity index is 2.31. The van der Waals surface area contributed by atoms with Crippen LogP contribution in [0.2, 0.25) is 0 Å². The summed E-state index contributed by atoms with van der Waals surface area (Å²) < 4.78 is 18.9. The average molecular weight is 273 g/mol. The molecule has 0 heterocycles. The summed E-state index contributed by atoms with van der Waals surface area (Å²) in [6, 6.07) is 12.9. The minimum atomic E-state index is -0.203. The van der Waals surface area contributed by atoms with E-state index in [0.29, 0.717) is 0 Å². The number of hydrogen-bond donors (Lipinski definition) is 1. The van der Waals surface area contributed by atoms with Crippen LogP contribution in [0.4, 0.5) is 4.39 Å². The molecule has 2 rings (SSSR count). The van der Waals surface area contributed by atoms with Crippen molar-refractivity contribution in [1.82, 2.24) is 5.32 Å². The molecular weight excluding hydrogens is 253 g/mol. The third kappa shape index (κ3) is 3.17. The molecule has 1 atom stereocenters. The van der Waals surface area contributed by atoms with E-state index in [-0.39, 0.29) is 11.9 Å². The molecule has 0 spiro atoms.